The highest BCUT2D eigenvalue weighted by molar-refractivity contribution is 6.00. The third-order valence-electron chi connectivity index (χ3n) is 7.90. The highest BCUT2D eigenvalue weighted by Crippen LogP contribution is 2.57. The number of aliphatic hydroxyl groups excluding tert-OH is 1. The first-order valence-corrected chi connectivity index (χ1v) is 11.2. The number of hydrogen-bond donors (Lipinski definition) is 2. The summed E-state index contributed by atoms with van der Waals surface area (Å²) in [7, 11) is 0. The van der Waals surface area contributed by atoms with Crippen LogP contribution in [0.2, 0.25) is 0 Å². The molecule has 0 aliphatic carbocycles. The van der Waals surface area contributed by atoms with E-state index in [-0.39, 0.29) is 11.9 Å². The third-order valence-corrected chi connectivity index (χ3v) is 7.90. The van der Waals surface area contributed by atoms with Crippen molar-refractivity contribution in [1.29, 1.82) is 0 Å². The minimum absolute atomic E-state index is 0.273. The van der Waals surface area contributed by atoms with Crippen LogP contribution in [0.3, 0.4) is 0 Å². The molecule has 0 saturated carbocycles. The largest absolute Gasteiger partial charge is 0.456 e. The van der Waals surface area contributed by atoms with Gasteiger partial charge >= 0.3 is 11.9 Å². The summed E-state index contributed by atoms with van der Waals surface area (Å²) in [6, 6.07) is 0. The maximum atomic E-state index is 13.3. The number of cyclic esters (lactones) is 1. The van der Waals surface area contributed by atoms with Gasteiger partial charge < -0.3 is 29.3 Å². The molecule has 9 nitrogen and oxygen atoms in total. The summed E-state index contributed by atoms with van der Waals surface area (Å²) in [4.78, 5) is 39.2. The predicted molar refractivity (Wildman–Crippen MR) is 104 cm³/mol. The second-order valence-electron chi connectivity index (χ2n) is 9.59. The molecular weight excluding hydrogens is 406 g/mol. The van der Waals surface area contributed by atoms with Gasteiger partial charge in [-0.05, 0) is 26.2 Å². The zero-order chi connectivity index (χ0) is 22.3. The molecule has 31 heavy (non-hydrogen) atoms. The molecule has 170 valence electrons. The maximum Gasteiger partial charge on any atom is 0.314 e. The van der Waals surface area contributed by atoms with Gasteiger partial charge in [-0.25, -0.2) is 0 Å². The van der Waals surface area contributed by atoms with E-state index in [9.17, 15) is 24.6 Å². The number of esters is 2. The van der Waals surface area contributed by atoms with Crippen LogP contribution in [-0.2, 0) is 28.6 Å². The monoisotopic (exact) mass is 435 g/mol. The molecule has 2 N–H and O–H groups in total. The quantitative estimate of drug-likeness (QED) is 0.596. The minimum Gasteiger partial charge on any atom is -0.456 e. The highest BCUT2D eigenvalue weighted by Gasteiger charge is 2.73. The fourth-order valence-corrected chi connectivity index (χ4v) is 6.31. The summed E-state index contributed by atoms with van der Waals surface area (Å²) in [6.07, 6.45) is 1.11. The summed E-state index contributed by atoms with van der Waals surface area (Å²) in [5.41, 5.74) is -1.39. The van der Waals surface area contributed by atoms with Gasteiger partial charge in [0.1, 0.15) is 12.2 Å². The van der Waals surface area contributed by atoms with Gasteiger partial charge in [0.05, 0.1) is 29.6 Å². The molecule has 0 aromatic rings. The summed E-state index contributed by atoms with van der Waals surface area (Å²) in [6.45, 7) is 5.65. The number of hydrogen-bond acceptors (Lipinski definition) is 9. The van der Waals surface area contributed by atoms with Crippen molar-refractivity contribution in [3.8, 4) is 0 Å². The van der Waals surface area contributed by atoms with Crippen molar-refractivity contribution in [3.63, 3.8) is 0 Å². The van der Waals surface area contributed by atoms with Crippen LogP contribution >= 0.6 is 0 Å². The molecule has 0 bridgehead atoms. The highest BCUT2D eigenvalue weighted by atomic mass is 16.7. The number of rotatable bonds is 2. The van der Waals surface area contributed by atoms with Crippen LogP contribution < -0.4 is 0 Å². The Bertz CT molecular complexity index is 872. The summed E-state index contributed by atoms with van der Waals surface area (Å²) < 4.78 is 17.3. The van der Waals surface area contributed by atoms with Crippen molar-refractivity contribution in [2.24, 2.45) is 23.7 Å². The van der Waals surface area contributed by atoms with E-state index >= 15 is 0 Å². The van der Waals surface area contributed by atoms with Crippen molar-refractivity contribution in [2.45, 2.75) is 76.3 Å². The van der Waals surface area contributed by atoms with Crippen LogP contribution in [0.25, 0.3) is 0 Å². The summed E-state index contributed by atoms with van der Waals surface area (Å²) >= 11 is 0. The molecule has 9 heteroatoms. The number of fused-ring (bicyclic) bond motifs is 3. The first kappa shape index (κ1) is 20.9. The molecule has 4 saturated heterocycles. The first-order valence-electron chi connectivity index (χ1n) is 11.2. The fraction of sp³-hybridized carbons (Fsp3) is 0.773. The Morgan fingerprint density at radius 2 is 1.97 bits per heavy atom. The molecule has 0 amide bonds. The Kier molecular flexibility index (Phi) is 4.56. The van der Waals surface area contributed by atoms with E-state index in [1.807, 2.05) is 6.92 Å². The Labute approximate surface area is 180 Å². The normalized spacial score (nSPS) is 49.1. The molecule has 0 radical (unpaired) electrons. The van der Waals surface area contributed by atoms with Gasteiger partial charge in [-0.3, -0.25) is 14.4 Å². The second kappa shape index (κ2) is 6.76. The zero-order valence-corrected chi connectivity index (χ0v) is 17.9. The molecule has 0 unspecified atom stereocenters. The minimum atomic E-state index is -1.91. The van der Waals surface area contributed by atoms with Crippen molar-refractivity contribution < 1.29 is 38.8 Å². The van der Waals surface area contributed by atoms with E-state index < -0.39 is 59.3 Å². The lowest BCUT2D eigenvalue weighted by Gasteiger charge is -2.43. The summed E-state index contributed by atoms with van der Waals surface area (Å²) in [5.74, 6) is -5.23. The van der Waals surface area contributed by atoms with Crippen LogP contribution in [0.15, 0.2) is 11.8 Å². The fourth-order valence-electron chi connectivity index (χ4n) is 6.31. The van der Waals surface area contributed by atoms with Gasteiger partial charge in [0.2, 0.25) is 17.3 Å². The molecular formula is C22H29NO8. The molecule has 0 aromatic carbocycles. The molecule has 9 atom stereocenters. The van der Waals surface area contributed by atoms with E-state index in [2.05, 4.69) is 0 Å². The van der Waals surface area contributed by atoms with Crippen molar-refractivity contribution >= 4 is 17.7 Å². The van der Waals surface area contributed by atoms with Crippen LogP contribution in [0.1, 0.15) is 46.5 Å². The van der Waals surface area contributed by atoms with Gasteiger partial charge in [0, 0.05) is 25.0 Å². The first-order chi connectivity index (χ1) is 14.6. The standard InChI is InChI=1S/C22H29NO8/c1-4-12-17-14(30-22(12)18(25)11(3)20(27)31-22)6-5-7-23-13(9-16(24)21(17,23)28)15-8-10(2)19(26)29-15/h9-12,14-15,17-18,25,28H,4-8H2,1-3H3/t10-,11+,12-,14+,15-,17-,18+,21+,22+/m0/s1. The maximum absolute atomic E-state index is 13.3. The van der Waals surface area contributed by atoms with Crippen LogP contribution in [0, 0.1) is 23.7 Å². The van der Waals surface area contributed by atoms with E-state index in [0.29, 0.717) is 37.9 Å². The Balaban J connectivity index is 1.54. The van der Waals surface area contributed by atoms with Gasteiger partial charge in [0.25, 0.3) is 0 Å². The third kappa shape index (κ3) is 2.57. The lowest BCUT2D eigenvalue weighted by Crippen LogP contribution is -2.59. The van der Waals surface area contributed by atoms with Crippen molar-refractivity contribution in [1.82, 2.24) is 4.90 Å². The molecule has 1 spiro atoms. The smallest absolute Gasteiger partial charge is 0.314 e. The van der Waals surface area contributed by atoms with Gasteiger partial charge in [-0.15, -0.1) is 0 Å². The zero-order valence-electron chi connectivity index (χ0n) is 17.9. The Morgan fingerprint density at radius 3 is 2.55 bits per heavy atom. The van der Waals surface area contributed by atoms with E-state index in [1.54, 1.807) is 18.7 Å². The van der Waals surface area contributed by atoms with Gasteiger partial charge in [-0.1, -0.05) is 13.8 Å². The number of ketones is 1. The molecule has 0 aromatic heterocycles. The lowest BCUT2D eigenvalue weighted by molar-refractivity contribution is -0.251. The number of aliphatic hydroxyl groups is 2. The number of carbonyl (C=O) groups is 3. The molecule has 5 aliphatic heterocycles. The van der Waals surface area contributed by atoms with E-state index in [0.717, 1.165) is 0 Å². The summed E-state index contributed by atoms with van der Waals surface area (Å²) in [5, 5.41) is 22.8. The SMILES string of the molecule is CC[C@H]1[C@H]2[C@@H](CCCN3C([C@@H]4C[C@H](C)C(=O)O4)=CC(=O)[C@@]23O)O[C@@]12OC(=O)[C@H](C)[C@H]2O. The predicted octanol–water partition coefficient (Wildman–Crippen LogP) is 0.480. The van der Waals surface area contributed by atoms with Crippen LogP contribution in [0.4, 0.5) is 0 Å². The molecule has 5 heterocycles. The lowest BCUT2D eigenvalue weighted by atomic mass is 9.73. The van der Waals surface area contributed by atoms with Crippen molar-refractivity contribution in [3.05, 3.63) is 11.8 Å². The molecule has 5 aliphatic rings. The number of carbonyl (C=O) groups excluding carboxylic acids is 3. The van der Waals surface area contributed by atoms with Gasteiger partial charge in [-0.2, -0.15) is 0 Å². The van der Waals surface area contributed by atoms with E-state index in [4.69, 9.17) is 14.2 Å². The number of nitrogens with zero attached hydrogens (tertiary/aromatic N) is 1. The Hall–Kier alpha value is -1.97. The van der Waals surface area contributed by atoms with Gasteiger partial charge in [0.15, 0.2) is 0 Å². The van der Waals surface area contributed by atoms with Crippen LogP contribution in [-0.4, -0.2) is 69.2 Å². The van der Waals surface area contributed by atoms with Crippen LogP contribution in [0.5, 0.6) is 0 Å². The molecule has 4 fully saturated rings. The Morgan fingerprint density at radius 1 is 1.23 bits per heavy atom. The van der Waals surface area contributed by atoms with E-state index in [1.165, 1.54) is 6.08 Å². The second-order valence-corrected chi connectivity index (χ2v) is 9.59. The molecule has 5 rings (SSSR count). The average Bonchev–Trinajstić information content (AvgIpc) is 3.34. The topological polar surface area (TPSA) is 123 Å². The number of ether oxygens (including phenoxy) is 3. The van der Waals surface area contributed by atoms with Crippen molar-refractivity contribution in [2.75, 3.05) is 6.54 Å². The average molecular weight is 435 g/mol.